The van der Waals surface area contributed by atoms with Gasteiger partial charge in [-0.05, 0) is 62.1 Å². The average molecular weight is 498 g/mol. The lowest BCUT2D eigenvalue weighted by Crippen LogP contribution is -2.75. The highest BCUT2D eigenvalue weighted by Gasteiger charge is 2.84. The molecule has 1 aromatic rings. The van der Waals surface area contributed by atoms with Crippen LogP contribution >= 0.6 is 0 Å². The monoisotopic (exact) mass is 497 g/mol. The maximum Gasteiger partial charge on any atom is 0.338 e. The van der Waals surface area contributed by atoms with Crippen molar-refractivity contribution in [3.8, 4) is 0 Å². The van der Waals surface area contributed by atoms with E-state index >= 15 is 0 Å². The molecule has 1 unspecified atom stereocenters. The molecule has 7 heteroatoms. The molecule has 0 aromatic heterocycles. The van der Waals surface area contributed by atoms with Crippen molar-refractivity contribution in [3.63, 3.8) is 0 Å². The van der Waals surface area contributed by atoms with E-state index in [-0.39, 0.29) is 35.3 Å². The maximum absolute atomic E-state index is 13.3. The average Bonchev–Trinajstić information content (AvgIpc) is 3.27. The molecule has 1 heterocycles. The van der Waals surface area contributed by atoms with Crippen molar-refractivity contribution in [3.05, 3.63) is 35.9 Å². The van der Waals surface area contributed by atoms with Gasteiger partial charge >= 0.3 is 5.97 Å². The van der Waals surface area contributed by atoms with Gasteiger partial charge in [-0.25, -0.2) is 4.79 Å². The number of fused-ring (bicyclic) bond motifs is 2. The molecule has 1 aliphatic heterocycles. The van der Waals surface area contributed by atoms with Crippen LogP contribution in [-0.4, -0.2) is 83.9 Å². The predicted molar refractivity (Wildman–Crippen MR) is 131 cm³/mol. The van der Waals surface area contributed by atoms with Gasteiger partial charge in [0.15, 0.2) is 0 Å². The summed E-state index contributed by atoms with van der Waals surface area (Å²) in [6.07, 6.45) is 2.65. The number of likely N-dealkylation sites (tertiary alicyclic amines) is 1. The molecule has 6 aliphatic rings. The number of aliphatic hydroxyl groups is 2. The number of hydrogen-bond acceptors (Lipinski definition) is 7. The molecular weight excluding hydrogens is 458 g/mol. The van der Waals surface area contributed by atoms with Crippen molar-refractivity contribution in [2.45, 2.75) is 74.6 Å². The number of esters is 1. The van der Waals surface area contributed by atoms with Gasteiger partial charge < -0.3 is 24.4 Å². The minimum absolute atomic E-state index is 0.00271. The van der Waals surface area contributed by atoms with E-state index in [1.165, 1.54) is 0 Å². The van der Waals surface area contributed by atoms with Crippen LogP contribution in [0.4, 0.5) is 0 Å². The number of piperidine rings is 1. The Balaban J connectivity index is 1.39. The van der Waals surface area contributed by atoms with Crippen LogP contribution < -0.4 is 0 Å². The molecule has 12 atom stereocenters. The Morgan fingerprint density at radius 2 is 1.75 bits per heavy atom. The zero-order valence-electron chi connectivity index (χ0n) is 21.5. The highest BCUT2D eigenvalue weighted by molar-refractivity contribution is 5.89. The van der Waals surface area contributed by atoms with E-state index in [0.717, 1.165) is 32.4 Å². The SMILES string of the molecule is CCN1C[C@@H]2CC[C@H](OC)[C@]34C1[C@@H](C[C@H]23)[C@@]1(O)C[C@@H](OC)[C@@]2(O)C[C@@H]4[C@@H]1[C@H]2OC(=O)c1ccccc1. The molecule has 196 valence electrons. The largest absolute Gasteiger partial charge is 0.455 e. The fourth-order valence-electron chi connectivity index (χ4n) is 10.8. The second kappa shape index (κ2) is 7.76. The van der Waals surface area contributed by atoms with Crippen molar-refractivity contribution in [2.75, 3.05) is 27.3 Å². The lowest BCUT2D eigenvalue weighted by Gasteiger charge is -2.67. The van der Waals surface area contributed by atoms with Crippen LogP contribution in [0.2, 0.25) is 0 Å². The Labute approximate surface area is 213 Å². The molecule has 0 amide bonds. The third kappa shape index (κ3) is 2.59. The fraction of sp³-hybridized carbons (Fsp3) is 0.759. The lowest BCUT2D eigenvalue weighted by molar-refractivity contribution is -0.271. The molecule has 6 fully saturated rings. The summed E-state index contributed by atoms with van der Waals surface area (Å²) in [5.74, 6) is 0.301. The zero-order chi connectivity index (χ0) is 25.0. The molecule has 0 radical (unpaired) electrons. The third-order valence-corrected chi connectivity index (χ3v) is 11.8. The minimum Gasteiger partial charge on any atom is -0.455 e. The molecular formula is C29H39NO6. The first-order chi connectivity index (χ1) is 17.3. The Hall–Kier alpha value is -1.51. The summed E-state index contributed by atoms with van der Waals surface area (Å²) >= 11 is 0. The number of ether oxygens (including phenoxy) is 3. The van der Waals surface area contributed by atoms with Gasteiger partial charge in [-0.2, -0.15) is 0 Å². The van der Waals surface area contributed by atoms with Gasteiger partial charge in [-0.15, -0.1) is 0 Å². The standard InChI is InChI=1S/C29H39NO6/c1-4-30-15-17-10-11-21(34-2)29-18(17)12-19(24(29)30)27(32)14-22(35-3)28(33)13-20(29)23(27)25(28)36-26(31)16-8-6-5-7-9-16/h5-9,17-25,32-33H,4,10-15H2,1-3H3/t17-,18+,19+,20+,21-,22+,23+,24?,25+,27-,28-,29-/m0/s1. The van der Waals surface area contributed by atoms with E-state index in [1.54, 1.807) is 19.2 Å². The van der Waals surface area contributed by atoms with Gasteiger partial charge in [-0.1, -0.05) is 25.1 Å². The van der Waals surface area contributed by atoms with Gasteiger partial charge in [0.2, 0.25) is 0 Å². The summed E-state index contributed by atoms with van der Waals surface area (Å²) < 4.78 is 18.4. The number of methoxy groups -OCH3 is 2. The molecule has 5 saturated carbocycles. The number of carbonyl (C=O) groups excluding carboxylic acids is 1. The summed E-state index contributed by atoms with van der Waals surface area (Å²) in [4.78, 5) is 15.9. The molecule has 2 N–H and O–H groups in total. The highest BCUT2D eigenvalue weighted by Crippen LogP contribution is 2.77. The van der Waals surface area contributed by atoms with Gasteiger partial charge in [0, 0.05) is 50.5 Å². The second-order valence-corrected chi connectivity index (χ2v) is 12.5. The number of nitrogens with zero attached hydrogens (tertiary/aromatic N) is 1. The zero-order valence-corrected chi connectivity index (χ0v) is 21.5. The molecule has 7 nitrogen and oxygen atoms in total. The van der Waals surface area contributed by atoms with Crippen molar-refractivity contribution in [1.82, 2.24) is 4.90 Å². The predicted octanol–water partition coefficient (Wildman–Crippen LogP) is 2.49. The molecule has 1 spiro atoms. The van der Waals surface area contributed by atoms with Crippen LogP contribution in [0.1, 0.15) is 49.4 Å². The smallest absolute Gasteiger partial charge is 0.338 e. The summed E-state index contributed by atoms with van der Waals surface area (Å²) in [5.41, 5.74) is -2.10. The summed E-state index contributed by atoms with van der Waals surface area (Å²) in [5, 5.41) is 25.0. The molecule has 1 aromatic carbocycles. The van der Waals surface area contributed by atoms with Crippen LogP contribution in [0.5, 0.6) is 0 Å². The number of benzene rings is 1. The number of rotatable bonds is 5. The van der Waals surface area contributed by atoms with Crippen LogP contribution in [0.3, 0.4) is 0 Å². The Bertz CT molecular complexity index is 1050. The van der Waals surface area contributed by atoms with E-state index in [1.807, 2.05) is 25.3 Å². The van der Waals surface area contributed by atoms with Crippen molar-refractivity contribution in [1.29, 1.82) is 0 Å². The summed E-state index contributed by atoms with van der Waals surface area (Å²) in [7, 11) is 3.44. The van der Waals surface area contributed by atoms with Crippen LogP contribution in [0, 0.1) is 35.0 Å². The van der Waals surface area contributed by atoms with Crippen LogP contribution in [0.15, 0.2) is 30.3 Å². The highest BCUT2D eigenvalue weighted by atomic mass is 16.6. The van der Waals surface area contributed by atoms with Crippen LogP contribution in [0.25, 0.3) is 0 Å². The summed E-state index contributed by atoms with van der Waals surface area (Å²) in [6, 6.07) is 9.17. The Kier molecular flexibility index (Phi) is 5.09. The lowest BCUT2D eigenvalue weighted by atomic mass is 9.46. The molecule has 1 saturated heterocycles. The van der Waals surface area contributed by atoms with Gasteiger partial charge in [-0.3, -0.25) is 4.90 Å². The molecule has 5 aliphatic carbocycles. The van der Waals surface area contributed by atoms with Crippen molar-refractivity contribution >= 4 is 5.97 Å². The normalized spacial score (nSPS) is 52.3. The van der Waals surface area contributed by atoms with Gasteiger partial charge in [0.05, 0.1) is 23.4 Å². The van der Waals surface area contributed by atoms with Crippen molar-refractivity contribution < 1.29 is 29.2 Å². The minimum atomic E-state index is -1.34. The van der Waals surface area contributed by atoms with E-state index in [0.29, 0.717) is 30.2 Å². The topological polar surface area (TPSA) is 88.5 Å². The first-order valence-corrected chi connectivity index (χ1v) is 13.8. The Morgan fingerprint density at radius 1 is 1.00 bits per heavy atom. The number of carbonyl (C=O) groups is 1. The van der Waals surface area contributed by atoms with E-state index in [2.05, 4.69) is 11.8 Å². The fourth-order valence-corrected chi connectivity index (χ4v) is 10.8. The summed E-state index contributed by atoms with van der Waals surface area (Å²) in [6.45, 7) is 4.25. The van der Waals surface area contributed by atoms with E-state index in [4.69, 9.17) is 14.2 Å². The number of hydrogen-bond donors (Lipinski definition) is 2. The first kappa shape index (κ1) is 23.6. The van der Waals surface area contributed by atoms with Gasteiger partial charge in [0.1, 0.15) is 11.7 Å². The second-order valence-electron chi connectivity index (χ2n) is 12.5. The molecule has 36 heavy (non-hydrogen) atoms. The maximum atomic E-state index is 13.3. The first-order valence-electron chi connectivity index (χ1n) is 13.8. The van der Waals surface area contributed by atoms with Gasteiger partial charge in [0.25, 0.3) is 0 Å². The third-order valence-electron chi connectivity index (χ3n) is 11.8. The van der Waals surface area contributed by atoms with E-state index in [9.17, 15) is 15.0 Å². The quantitative estimate of drug-likeness (QED) is 0.605. The van der Waals surface area contributed by atoms with Crippen LogP contribution in [-0.2, 0) is 14.2 Å². The van der Waals surface area contributed by atoms with Crippen molar-refractivity contribution in [2.24, 2.45) is 35.0 Å². The molecule has 7 rings (SSSR count). The Morgan fingerprint density at radius 3 is 2.44 bits per heavy atom. The van der Waals surface area contributed by atoms with E-state index < -0.39 is 29.4 Å². The molecule has 7 bridgehead atoms.